The number of aromatic nitrogens is 5. The minimum Gasteiger partial charge on any atom is -0.656 e. The van der Waals surface area contributed by atoms with E-state index < -0.39 is 6.37 Å². The second-order valence-electron chi connectivity index (χ2n) is 15.1. The van der Waals surface area contributed by atoms with Crippen molar-refractivity contribution in [2.75, 3.05) is 0 Å². The van der Waals surface area contributed by atoms with Crippen LogP contribution >= 0.6 is 0 Å². The molecular formula is C55H35N5Pt. The molecule has 61 heavy (non-hydrogen) atoms. The molecule has 6 heteroatoms. The van der Waals surface area contributed by atoms with Gasteiger partial charge in [0.25, 0.3) is 0 Å². The molecule has 0 spiro atoms. The van der Waals surface area contributed by atoms with Crippen LogP contribution in [0.15, 0.2) is 200 Å². The van der Waals surface area contributed by atoms with Gasteiger partial charge < -0.3 is 9.55 Å². The molecule has 0 aliphatic heterocycles. The standard InChI is InChI=1S/C55H35N5.Pt/c1-4-14-36(15-5-1)32-37-26-29-49-47(33-37)44-28-27-40(34-51(44)60(49)52-35-39(30-31-56-52)38-16-6-2-7-17-38)42-21-13-25-50-54(42)58-55(59(50)41-18-8-3-9-19-41)46-23-12-22-45-43-20-10-11-24-48(43)57-53(45)46;/h1-31,33,35H,32H2;/q-2;+2/i32D2;. The van der Waals surface area contributed by atoms with E-state index in [1.54, 1.807) is 0 Å². The molecule has 5 nitrogen and oxygen atoms in total. The zero-order valence-corrected chi connectivity index (χ0v) is 34.9. The molecule has 0 aliphatic rings. The Labute approximate surface area is 369 Å². The van der Waals surface area contributed by atoms with Crippen molar-refractivity contribution >= 4 is 54.6 Å². The summed E-state index contributed by atoms with van der Waals surface area (Å²) in [5.74, 6) is 1.56. The van der Waals surface area contributed by atoms with Crippen molar-refractivity contribution in [3.05, 3.63) is 218 Å². The number of rotatable bonds is 7. The van der Waals surface area contributed by atoms with Crippen molar-refractivity contribution in [2.24, 2.45) is 0 Å². The molecule has 4 aromatic heterocycles. The molecule has 0 amide bonds. The summed E-state index contributed by atoms with van der Waals surface area (Å²) in [6, 6.07) is 69.2. The first-order chi connectivity index (χ1) is 30.5. The second kappa shape index (κ2) is 15.0. The Kier molecular flexibility index (Phi) is 8.52. The summed E-state index contributed by atoms with van der Waals surface area (Å²) in [5.41, 5.74) is 12.6. The molecular weight excluding hydrogens is 926 g/mol. The van der Waals surface area contributed by atoms with Crippen molar-refractivity contribution in [1.82, 2.24) is 24.1 Å². The first-order valence-corrected chi connectivity index (χ1v) is 20.1. The van der Waals surface area contributed by atoms with E-state index in [2.05, 4.69) is 124 Å². The topological polar surface area (TPSA) is 49.7 Å². The van der Waals surface area contributed by atoms with Crippen molar-refractivity contribution < 1.29 is 23.8 Å². The maximum absolute atomic E-state index is 9.25. The van der Waals surface area contributed by atoms with Gasteiger partial charge in [0.1, 0.15) is 11.6 Å². The Bertz CT molecular complexity index is 3670. The second-order valence-corrected chi connectivity index (χ2v) is 15.1. The molecule has 0 radical (unpaired) electrons. The van der Waals surface area contributed by atoms with E-state index >= 15 is 0 Å². The fourth-order valence-electron chi connectivity index (χ4n) is 8.77. The van der Waals surface area contributed by atoms with Crippen LogP contribution < -0.4 is 4.98 Å². The Balaban J connectivity index is 0.00000444. The van der Waals surface area contributed by atoms with Gasteiger partial charge >= 0.3 is 21.1 Å². The fourth-order valence-corrected chi connectivity index (χ4v) is 8.77. The Morgan fingerprint density at radius 2 is 1.28 bits per heavy atom. The van der Waals surface area contributed by atoms with Crippen LogP contribution in [-0.2, 0) is 27.4 Å². The minimum atomic E-state index is -1.71. The number of pyridine rings is 1. The zero-order valence-electron chi connectivity index (χ0n) is 34.6. The molecule has 0 aliphatic carbocycles. The van der Waals surface area contributed by atoms with Crippen LogP contribution in [0.3, 0.4) is 0 Å². The summed E-state index contributed by atoms with van der Waals surface area (Å²) in [5, 5.41) is 4.09. The van der Waals surface area contributed by atoms with E-state index in [1.807, 2.05) is 91.1 Å². The van der Waals surface area contributed by atoms with Gasteiger partial charge in [-0.25, -0.2) is 9.97 Å². The Morgan fingerprint density at radius 3 is 2.13 bits per heavy atom. The first kappa shape index (κ1) is 34.5. The molecule has 0 atom stereocenters. The summed E-state index contributed by atoms with van der Waals surface area (Å²) in [7, 11) is 0. The average molecular weight is 963 g/mol. The number of imidazole rings is 1. The third-order valence-corrected chi connectivity index (χ3v) is 11.5. The fraction of sp³-hybridized carbons (Fsp3) is 0.0182. The van der Waals surface area contributed by atoms with Gasteiger partial charge in [0.2, 0.25) is 0 Å². The molecule has 0 bridgehead atoms. The summed E-state index contributed by atoms with van der Waals surface area (Å²) < 4.78 is 22.9. The van der Waals surface area contributed by atoms with Crippen molar-refractivity contribution in [3.8, 4) is 45.1 Å². The maximum Gasteiger partial charge on any atom is 2.00 e. The molecule has 0 unspecified atom stereocenters. The van der Waals surface area contributed by atoms with Gasteiger partial charge in [-0.15, -0.1) is 34.8 Å². The zero-order chi connectivity index (χ0) is 41.4. The van der Waals surface area contributed by atoms with Gasteiger partial charge in [-0.2, -0.15) is 0 Å². The van der Waals surface area contributed by atoms with Crippen molar-refractivity contribution in [3.63, 3.8) is 0 Å². The van der Waals surface area contributed by atoms with Crippen LogP contribution in [0.2, 0.25) is 0 Å². The molecule has 4 heterocycles. The first-order valence-electron chi connectivity index (χ1n) is 21.1. The van der Waals surface area contributed by atoms with Crippen LogP contribution in [0.5, 0.6) is 0 Å². The number of fused-ring (bicyclic) bond motifs is 7. The largest absolute Gasteiger partial charge is 2.00 e. The van der Waals surface area contributed by atoms with Gasteiger partial charge in [0, 0.05) is 25.7 Å². The average Bonchev–Trinajstić information content (AvgIpc) is 4.02. The van der Waals surface area contributed by atoms with E-state index in [-0.39, 0.29) is 21.1 Å². The number of hydrogen-bond donors (Lipinski definition) is 0. The number of benzene rings is 8. The maximum atomic E-state index is 9.25. The third-order valence-electron chi connectivity index (χ3n) is 11.5. The van der Waals surface area contributed by atoms with E-state index in [4.69, 9.17) is 15.0 Å². The Morgan fingerprint density at radius 1 is 0.541 bits per heavy atom. The van der Waals surface area contributed by atoms with Gasteiger partial charge in [-0.1, -0.05) is 157 Å². The van der Waals surface area contributed by atoms with Crippen LogP contribution in [0, 0.1) is 6.07 Å². The van der Waals surface area contributed by atoms with Crippen molar-refractivity contribution in [1.29, 1.82) is 0 Å². The summed E-state index contributed by atoms with van der Waals surface area (Å²) in [6.45, 7) is 0. The molecule has 0 fully saturated rings. The smallest absolute Gasteiger partial charge is 0.656 e. The van der Waals surface area contributed by atoms with Gasteiger partial charge in [-0.05, 0) is 86.7 Å². The molecule has 12 aromatic rings. The molecule has 8 aromatic carbocycles. The van der Waals surface area contributed by atoms with Gasteiger partial charge in [0.15, 0.2) is 0 Å². The SMILES string of the molecule is [2H]C([2H])(c1ccccc1)c1ccc2c(c1)c1ccc(-c3cccc4c3nc(-c3cccc5c3[n-]c3ccccc35)n4-c3ccccc3)[c-]c1n2-c1cc(-c2ccccc2)ccn1.[Pt+2]. The Hall–Kier alpha value is -7.33. The summed E-state index contributed by atoms with van der Waals surface area (Å²) >= 11 is 0. The molecule has 0 saturated heterocycles. The number of nitrogens with zero attached hydrogens (tertiary/aromatic N) is 5. The molecule has 0 N–H and O–H groups in total. The summed E-state index contributed by atoms with van der Waals surface area (Å²) in [4.78, 5) is 15.6. The molecule has 12 rings (SSSR count). The predicted molar refractivity (Wildman–Crippen MR) is 246 cm³/mol. The third kappa shape index (κ3) is 6.20. The van der Waals surface area contributed by atoms with E-state index in [9.17, 15) is 2.74 Å². The number of hydrogen-bond acceptors (Lipinski definition) is 2. The van der Waals surface area contributed by atoms with E-state index in [0.29, 0.717) is 11.1 Å². The van der Waals surface area contributed by atoms with E-state index in [0.717, 1.165) is 99.8 Å². The normalized spacial score (nSPS) is 12.3. The van der Waals surface area contributed by atoms with E-state index in [1.165, 1.54) is 0 Å². The summed E-state index contributed by atoms with van der Waals surface area (Å²) in [6.07, 6.45) is 0.143. The molecule has 290 valence electrons. The minimum absolute atomic E-state index is 0. The van der Waals surface area contributed by atoms with Crippen LogP contribution in [0.1, 0.15) is 13.9 Å². The monoisotopic (exact) mass is 962 g/mol. The van der Waals surface area contributed by atoms with Gasteiger partial charge in [-0.3, -0.25) is 4.57 Å². The van der Waals surface area contributed by atoms with Crippen LogP contribution in [0.4, 0.5) is 0 Å². The van der Waals surface area contributed by atoms with Crippen LogP contribution in [0.25, 0.3) is 99.8 Å². The quantitative estimate of drug-likeness (QED) is 0.150. The van der Waals surface area contributed by atoms with Crippen LogP contribution in [-0.4, -0.2) is 19.1 Å². The molecule has 0 saturated carbocycles. The number of para-hydroxylation sites is 4. The van der Waals surface area contributed by atoms with Crippen molar-refractivity contribution in [2.45, 2.75) is 6.37 Å². The van der Waals surface area contributed by atoms with Gasteiger partial charge in [0.05, 0.1) is 11.0 Å². The predicted octanol–water partition coefficient (Wildman–Crippen LogP) is 13.2.